The molecule has 0 saturated carbocycles. The minimum absolute atomic E-state index is 0.581. The number of hydrogen-bond acceptors (Lipinski definition) is 0. The number of hydrogen-bond donors (Lipinski definition) is 0. The molecular weight excluding hydrogens is 382 g/mol. The second-order valence-corrected chi connectivity index (χ2v) is 15.4. The number of halogens is 2. The van der Waals surface area contributed by atoms with Crippen molar-refractivity contribution in [2.75, 3.05) is 0 Å². The number of unbranched alkanes of at least 4 members (excludes halogenated alkanes) is 14. The molecule has 0 nitrogen and oxygen atoms in total. The van der Waals surface area contributed by atoms with E-state index in [4.69, 9.17) is 0 Å². The van der Waals surface area contributed by atoms with Crippen LogP contribution in [0.2, 0.25) is 25.2 Å². The largest absolute Gasteiger partial charge is 0.319 e. The first-order valence-corrected chi connectivity index (χ1v) is 17.4. The standard InChI is InChI=1S/C24H48F2Si2/c1-5-7-9-11-13-15-17-19-21-27(3,25)23-24-28(4,26)22-20-18-16-14-12-10-8-6-2/h5-22H2,1-4H3. The lowest BCUT2D eigenvalue weighted by Gasteiger charge is -2.13. The third-order valence-corrected chi connectivity index (χ3v) is 9.71. The van der Waals surface area contributed by atoms with Crippen molar-refractivity contribution < 1.29 is 8.22 Å². The molecule has 0 N–H and O–H groups in total. The fourth-order valence-corrected chi connectivity index (χ4v) is 7.73. The van der Waals surface area contributed by atoms with Gasteiger partial charge < -0.3 is 0 Å². The fraction of sp³-hybridized carbons (Fsp3) is 0.917. The van der Waals surface area contributed by atoms with Gasteiger partial charge in [0.05, 0.1) is 0 Å². The Labute approximate surface area is 178 Å². The van der Waals surface area contributed by atoms with Crippen LogP contribution in [0.15, 0.2) is 0 Å². The highest BCUT2D eigenvalue weighted by atomic mass is 28.4. The van der Waals surface area contributed by atoms with E-state index in [0.717, 1.165) is 25.7 Å². The average Bonchev–Trinajstić information content (AvgIpc) is 2.65. The molecule has 0 saturated heterocycles. The van der Waals surface area contributed by atoms with E-state index in [9.17, 15) is 8.22 Å². The summed E-state index contributed by atoms with van der Waals surface area (Å²) in [5.74, 6) is 0. The van der Waals surface area contributed by atoms with Gasteiger partial charge in [0.15, 0.2) is 0 Å². The highest BCUT2D eigenvalue weighted by molar-refractivity contribution is 6.85. The summed E-state index contributed by atoms with van der Waals surface area (Å²) >= 11 is 0. The summed E-state index contributed by atoms with van der Waals surface area (Å²) < 4.78 is 29.4. The van der Waals surface area contributed by atoms with Crippen molar-refractivity contribution in [3.63, 3.8) is 0 Å². The molecule has 0 aliphatic rings. The SMILES string of the molecule is CCCCCCCCCC[Si](C)(F)C#C[Si](C)(F)CCCCCCCCCC. The Bertz CT molecular complexity index is 375. The van der Waals surface area contributed by atoms with Crippen LogP contribution in [0.3, 0.4) is 0 Å². The fourth-order valence-electron chi connectivity index (χ4n) is 3.57. The first kappa shape index (κ1) is 27.9. The molecule has 166 valence electrons. The summed E-state index contributed by atoms with van der Waals surface area (Å²) in [5.41, 5.74) is 5.60. The van der Waals surface area contributed by atoms with Gasteiger partial charge in [-0.15, -0.1) is 0 Å². The molecule has 0 aliphatic heterocycles. The molecule has 0 aliphatic carbocycles. The molecular formula is C24H48F2Si2. The average molecular weight is 431 g/mol. The molecule has 0 spiro atoms. The van der Waals surface area contributed by atoms with Crippen LogP contribution in [0.5, 0.6) is 0 Å². The van der Waals surface area contributed by atoms with Gasteiger partial charge in [-0.3, -0.25) is 8.22 Å². The minimum atomic E-state index is -3.03. The maximum Gasteiger partial charge on any atom is 0.319 e. The minimum Gasteiger partial charge on any atom is -0.298 e. The lowest BCUT2D eigenvalue weighted by Crippen LogP contribution is -2.26. The Morgan fingerprint density at radius 1 is 0.464 bits per heavy atom. The van der Waals surface area contributed by atoms with Crippen LogP contribution in [0.4, 0.5) is 8.22 Å². The molecule has 0 aromatic rings. The van der Waals surface area contributed by atoms with E-state index < -0.39 is 16.8 Å². The molecule has 0 bridgehead atoms. The zero-order valence-corrected chi connectivity index (χ0v) is 21.5. The summed E-state index contributed by atoms with van der Waals surface area (Å²) in [7, 11) is -6.07. The van der Waals surface area contributed by atoms with Crippen LogP contribution < -0.4 is 0 Å². The third kappa shape index (κ3) is 19.2. The van der Waals surface area contributed by atoms with Gasteiger partial charge in [-0.05, 0) is 25.2 Å². The lowest BCUT2D eigenvalue weighted by atomic mass is 10.1. The Hall–Kier alpha value is -0.146. The molecule has 0 amide bonds. The van der Waals surface area contributed by atoms with Gasteiger partial charge in [-0.1, -0.05) is 128 Å². The smallest absolute Gasteiger partial charge is 0.298 e. The van der Waals surface area contributed by atoms with Crippen LogP contribution in [0.25, 0.3) is 0 Å². The second-order valence-electron chi connectivity index (χ2n) is 9.09. The van der Waals surface area contributed by atoms with Gasteiger partial charge in [0, 0.05) is 0 Å². The van der Waals surface area contributed by atoms with E-state index >= 15 is 0 Å². The van der Waals surface area contributed by atoms with Crippen molar-refractivity contribution in [1.82, 2.24) is 0 Å². The second kappa shape index (κ2) is 17.7. The molecule has 0 aromatic carbocycles. The van der Waals surface area contributed by atoms with Crippen molar-refractivity contribution in [2.45, 2.75) is 142 Å². The summed E-state index contributed by atoms with van der Waals surface area (Å²) in [6.07, 6.45) is 19.5. The van der Waals surface area contributed by atoms with Crippen LogP contribution >= 0.6 is 0 Å². The maximum atomic E-state index is 14.7. The van der Waals surface area contributed by atoms with E-state index in [-0.39, 0.29) is 0 Å². The summed E-state index contributed by atoms with van der Waals surface area (Å²) in [4.78, 5) is 0. The highest BCUT2D eigenvalue weighted by Gasteiger charge is 2.29. The molecule has 0 radical (unpaired) electrons. The Morgan fingerprint density at radius 2 is 0.714 bits per heavy atom. The molecule has 0 rings (SSSR count). The van der Waals surface area contributed by atoms with E-state index in [2.05, 4.69) is 24.9 Å². The van der Waals surface area contributed by atoms with Crippen molar-refractivity contribution in [3.8, 4) is 11.1 Å². The van der Waals surface area contributed by atoms with E-state index in [1.165, 1.54) is 77.0 Å². The molecule has 0 heterocycles. The monoisotopic (exact) mass is 430 g/mol. The van der Waals surface area contributed by atoms with Crippen LogP contribution in [0, 0.1) is 11.1 Å². The first-order chi connectivity index (χ1) is 13.3. The quantitative estimate of drug-likeness (QED) is 0.0878. The predicted octanol–water partition coefficient (Wildman–Crippen LogP) is 9.44. The van der Waals surface area contributed by atoms with Crippen molar-refractivity contribution in [3.05, 3.63) is 0 Å². The summed E-state index contributed by atoms with van der Waals surface area (Å²) in [5, 5.41) is 0. The van der Waals surface area contributed by atoms with Crippen LogP contribution in [0.1, 0.15) is 117 Å². The van der Waals surface area contributed by atoms with Gasteiger partial charge in [0.25, 0.3) is 0 Å². The summed E-state index contributed by atoms with van der Waals surface area (Å²) in [6.45, 7) is 7.80. The van der Waals surface area contributed by atoms with Crippen molar-refractivity contribution >= 4 is 16.8 Å². The van der Waals surface area contributed by atoms with Gasteiger partial charge in [-0.25, -0.2) is 0 Å². The zero-order valence-electron chi connectivity index (χ0n) is 19.5. The third-order valence-electron chi connectivity index (χ3n) is 5.58. The maximum absolute atomic E-state index is 14.7. The molecule has 2 unspecified atom stereocenters. The highest BCUT2D eigenvalue weighted by Crippen LogP contribution is 2.20. The Balaban J connectivity index is 3.88. The molecule has 28 heavy (non-hydrogen) atoms. The van der Waals surface area contributed by atoms with Gasteiger partial charge in [-0.2, -0.15) is 0 Å². The van der Waals surface area contributed by atoms with E-state index in [1.807, 2.05) is 0 Å². The van der Waals surface area contributed by atoms with Crippen molar-refractivity contribution in [2.24, 2.45) is 0 Å². The Morgan fingerprint density at radius 3 is 1.00 bits per heavy atom. The Kier molecular flexibility index (Phi) is 17.6. The van der Waals surface area contributed by atoms with Gasteiger partial charge in [0.1, 0.15) is 0 Å². The topological polar surface area (TPSA) is 0 Å². The molecule has 0 aromatic heterocycles. The van der Waals surface area contributed by atoms with Gasteiger partial charge in [0.2, 0.25) is 0 Å². The number of rotatable bonds is 18. The van der Waals surface area contributed by atoms with Crippen LogP contribution in [-0.2, 0) is 0 Å². The predicted molar refractivity (Wildman–Crippen MR) is 128 cm³/mol. The summed E-state index contributed by atoms with van der Waals surface area (Å²) in [6, 6.07) is 1.16. The molecule has 4 heteroatoms. The van der Waals surface area contributed by atoms with Crippen molar-refractivity contribution in [1.29, 1.82) is 0 Å². The first-order valence-electron chi connectivity index (χ1n) is 12.2. The van der Waals surface area contributed by atoms with Crippen LogP contribution in [-0.4, -0.2) is 16.8 Å². The molecule has 2 atom stereocenters. The van der Waals surface area contributed by atoms with E-state index in [0.29, 0.717) is 12.1 Å². The normalized spacial score (nSPS) is 15.5. The van der Waals surface area contributed by atoms with Gasteiger partial charge >= 0.3 is 16.8 Å². The van der Waals surface area contributed by atoms with E-state index in [1.54, 1.807) is 13.1 Å². The molecule has 0 fully saturated rings. The lowest BCUT2D eigenvalue weighted by molar-refractivity contribution is 0.581. The zero-order chi connectivity index (χ0) is 21.1.